The predicted octanol–water partition coefficient (Wildman–Crippen LogP) is -0.154. The van der Waals surface area contributed by atoms with Crippen LogP contribution in [0, 0.1) is 5.92 Å². The summed E-state index contributed by atoms with van der Waals surface area (Å²) in [5.41, 5.74) is 0. The number of aliphatic hydroxyl groups excluding tert-OH is 1. The van der Waals surface area contributed by atoms with Crippen molar-refractivity contribution in [3.8, 4) is 0 Å². The van der Waals surface area contributed by atoms with Gasteiger partial charge in [0.25, 0.3) is 0 Å². The smallest absolute Gasteiger partial charge is 0.319 e. The number of hydrogen-bond donors (Lipinski definition) is 1. The van der Waals surface area contributed by atoms with E-state index in [1.54, 1.807) is 35.8 Å². The monoisotopic (exact) mass is 301 g/mol. The van der Waals surface area contributed by atoms with E-state index in [0.29, 0.717) is 25.9 Å². The summed E-state index contributed by atoms with van der Waals surface area (Å²) in [6.45, 7) is 1.68. The van der Waals surface area contributed by atoms with Crippen molar-refractivity contribution in [2.75, 3.05) is 54.5 Å². The fourth-order valence-electron chi connectivity index (χ4n) is 2.56. The minimum Gasteiger partial charge on any atom is -0.389 e. The number of ether oxygens (including phenoxy) is 1. The normalized spacial score (nSPS) is 17.5. The molecule has 1 N–H and O–H groups in total. The molecule has 1 rings (SSSR count). The molecular formula is C14H27N3O4. The Morgan fingerprint density at radius 3 is 2.33 bits per heavy atom. The maximum atomic E-state index is 12.3. The molecular weight excluding hydrogens is 274 g/mol. The Morgan fingerprint density at radius 1 is 1.29 bits per heavy atom. The van der Waals surface area contributed by atoms with Gasteiger partial charge in [0.05, 0.1) is 12.7 Å². The summed E-state index contributed by atoms with van der Waals surface area (Å²) in [5, 5.41) is 9.67. The highest BCUT2D eigenvalue weighted by molar-refractivity contribution is 5.79. The van der Waals surface area contributed by atoms with Gasteiger partial charge in [-0.1, -0.05) is 0 Å². The third-order valence-electron chi connectivity index (χ3n) is 3.72. The first-order chi connectivity index (χ1) is 9.86. The molecule has 7 heteroatoms. The highest BCUT2D eigenvalue weighted by Gasteiger charge is 2.30. The summed E-state index contributed by atoms with van der Waals surface area (Å²) < 4.78 is 4.86. The first-order valence-electron chi connectivity index (χ1n) is 7.25. The van der Waals surface area contributed by atoms with Crippen molar-refractivity contribution in [1.29, 1.82) is 0 Å². The van der Waals surface area contributed by atoms with Gasteiger partial charge in [0.1, 0.15) is 0 Å². The second-order valence-electron chi connectivity index (χ2n) is 5.77. The minimum atomic E-state index is -0.667. The summed E-state index contributed by atoms with van der Waals surface area (Å²) in [6, 6.07) is -0.00947. The van der Waals surface area contributed by atoms with Crippen LogP contribution in [0.5, 0.6) is 0 Å². The quantitative estimate of drug-likeness (QED) is 0.766. The number of carbonyl (C=O) groups is 2. The number of aliphatic hydroxyl groups is 1. The third-order valence-corrected chi connectivity index (χ3v) is 3.72. The molecule has 1 aliphatic rings. The maximum Gasteiger partial charge on any atom is 0.319 e. The zero-order valence-corrected chi connectivity index (χ0v) is 13.4. The molecule has 0 aliphatic carbocycles. The number of piperidine rings is 1. The fraction of sp³-hybridized carbons (Fsp3) is 0.857. The van der Waals surface area contributed by atoms with Crippen molar-refractivity contribution < 1.29 is 19.4 Å². The van der Waals surface area contributed by atoms with Crippen molar-refractivity contribution in [2.45, 2.75) is 18.9 Å². The molecule has 1 aliphatic heterocycles. The third kappa shape index (κ3) is 5.17. The molecule has 0 aromatic rings. The van der Waals surface area contributed by atoms with Gasteiger partial charge >= 0.3 is 6.03 Å². The number of rotatable bonds is 5. The lowest BCUT2D eigenvalue weighted by atomic mass is 9.95. The highest BCUT2D eigenvalue weighted by Crippen LogP contribution is 2.20. The maximum absolute atomic E-state index is 12.3. The van der Waals surface area contributed by atoms with E-state index >= 15 is 0 Å². The van der Waals surface area contributed by atoms with Crippen LogP contribution in [0.4, 0.5) is 4.79 Å². The van der Waals surface area contributed by atoms with Gasteiger partial charge in [-0.2, -0.15) is 0 Å². The van der Waals surface area contributed by atoms with Crippen molar-refractivity contribution >= 4 is 11.9 Å². The van der Waals surface area contributed by atoms with Crippen LogP contribution in [-0.2, 0) is 9.53 Å². The summed E-state index contributed by atoms with van der Waals surface area (Å²) in [7, 11) is 6.66. The average molecular weight is 301 g/mol. The lowest BCUT2D eigenvalue weighted by molar-refractivity contribution is -0.137. The second kappa shape index (κ2) is 8.19. The molecule has 1 atom stereocenters. The Morgan fingerprint density at radius 2 is 1.86 bits per heavy atom. The van der Waals surface area contributed by atoms with Crippen molar-refractivity contribution in [1.82, 2.24) is 14.7 Å². The van der Waals surface area contributed by atoms with Crippen LogP contribution < -0.4 is 0 Å². The number of likely N-dealkylation sites (tertiary alicyclic amines) is 1. The number of amides is 3. The summed E-state index contributed by atoms with van der Waals surface area (Å²) in [4.78, 5) is 29.0. The molecule has 1 saturated heterocycles. The van der Waals surface area contributed by atoms with Crippen LogP contribution in [0.25, 0.3) is 0 Å². The number of hydrogen-bond acceptors (Lipinski definition) is 4. The molecule has 1 unspecified atom stereocenters. The van der Waals surface area contributed by atoms with Gasteiger partial charge in [-0.05, 0) is 12.8 Å². The van der Waals surface area contributed by atoms with E-state index in [1.807, 2.05) is 0 Å². The van der Waals surface area contributed by atoms with Crippen LogP contribution in [0.3, 0.4) is 0 Å². The van der Waals surface area contributed by atoms with Crippen LogP contribution in [0.1, 0.15) is 12.8 Å². The Kier molecular flexibility index (Phi) is 6.91. The van der Waals surface area contributed by atoms with Crippen molar-refractivity contribution in [3.63, 3.8) is 0 Å². The lowest BCUT2D eigenvalue weighted by Gasteiger charge is -2.34. The second-order valence-corrected chi connectivity index (χ2v) is 5.77. The van der Waals surface area contributed by atoms with Gasteiger partial charge in [-0.3, -0.25) is 4.79 Å². The van der Waals surface area contributed by atoms with Gasteiger partial charge in [-0.25, -0.2) is 4.79 Å². The number of methoxy groups -OCH3 is 1. The number of likely N-dealkylation sites (N-methyl/N-ethyl adjacent to an activating group) is 1. The fourth-order valence-corrected chi connectivity index (χ4v) is 2.56. The first kappa shape index (κ1) is 17.7. The first-order valence-corrected chi connectivity index (χ1v) is 7.25. The van der Waals surface area contributed by atoms with E-state index < -0.39 is 6.10 Å². The lowest BCUT2D eigenvalue weighted by Crippen LogP contribution is -2.47. The number of nitrogens with zero attached hydrogens (tertiary/aromatic N) is 3. The molecule has 21 heavy (non-hydrogen) atoms. The molecule has 0 aromatic carbocycles. The van der Waals surface area contributed by atoms with Crippen LogP contribution in [0.15, 0.2) is 0 Å². The van der Waals surface area contributed by atoms with E-state index in [0.717, 1.165) is 0 Å². The zero-order chi connectivity index (χ0) is 16.0. The van der Waals surface area contributed by atoms with Crippen LogP contribution >= 0.6 is 0 Å². The molecule has 122 valence electrons. The van der Waals surface area contributed by atoms with E-state index in [-0.39, 0.29) is 31.0 Å². The molecule has 7 nitrogen and oxygen atoms in total. The van der Waals surface area contributed by atoms with Crippen LogP contribution in [-0.4, -0.2) is 92.3 Å². The summed E-state index contributed by atoms with van der Waals surface area (Å²) >= 11 is 0. The SMILES string of the molecule is COCC(O)CN(C)C(=O)C1CCN(C(=O)N(C)C)CC1. The van der Waals surface area contributed by atoms with Crippen molar-refractivity contribution in [3.05, 3.63) is 0 Å². The number of carbonyl (C=O) groups excluding carboxylic acids is 2. The van der Waals surface area contributed by atoms with Crippen LogP contribution in [0.2, 0.25) is 0 Å². The van der Waals surface area contributed by atoms with E-state index in [9.17, 15) is 14.7 Å². The standard InChI is InChI=1S/C14H27N3O4/c1-15(2)14(20)17-7-5-11(6-8-17)13(19)16(3)9-12(18)10-21-4/h11-12,18H,5-10H2,1-4H3. The van der Waals surface area contributed by atoms with Crippen molar-refractivity contribution in [2.24, 2.45) is 5.92 Å². The van der Waals surface area contributed by atoms with Gasteiger partial charge < -0.3 is 24.5 Å². The molecule has 0 spiro atoms. The molecule has 0 radical (unpaired) electrons. The van der Waals surface area contributed by atoms with E-state index in [2.05, 4.69) is 0 Å². The Hall–Kier alpha value is -1.34. The van der Waals surface area contributed by atoms with Gasteiger partial charge in [0.2, 0.25) is 5.91 Å². The van der Waals surface area contributed by atoms with E-state index in [4.69, 9.17) is 4.74 Å². The summed E-state index contributed by atoms with van der Waals surface area (Å²) in [5.74, 6) is -0.0435. The molecule has 3 amide bonds. The summed E-state index contributed by atoms with van der Waals surface area (Å²) in [6.07, 6.45) is 0.672. The Labute approximate surface area is 126 Å². The topological polar surface area (TPSA) is 73.3 Å². The van der Waals surface area contributed by atoms with Gasteiger partial charge in [0.15, 0.2) is 0 Å². The van der Waals surface area contributed by atoms with Gasteiger partial charge in [-0.15, -0.1) is 0 Å². The Balaban J connectivity index is 2.42. The Bertz CT molecular complexity index is 354. The van der Waals surface area contributed by atoms with E-state index in [1.165, 1.54) is 7.11 Å². The highest BCUT2D eigenvalue weighted by atomic mass is 16.5. The molecule has 0 aromatic heterocycles. The predicted molar refractivity (Wildman–Crippen MR) is 78.9 cm³/mol. The minimum absolute atomic E-state index is 0.00947. The molecule has 1 fully saturated rings. The average Bonchev–Trinajstić information content (AvgIpc) is 2.45. The van der Waals surface area contributed by atoms with Gasteiger partial charge in [0, 0.05) is 53.8 Å². The number of urea groups is 1. The molecule has 1 heterocycles. The zero-order valence-electron chi connectivity index (χ0n) is 13.4. The molecule has 0 saturated carbocycles. The molecule has 0 bridgehead atoms. The largest absolute Gasteiger partial charge is 0.389 e.